The largest absolute Gasteiger partial charge is 0.480 e. The molecule has 114 valence electrons. The number of carbonyl (C=O) groups excluding carboxylic acids is 2. The van der Waals surface area contributed by atoms with E-state index in [2.05, 4.69) is 0 Å². The summed E-state index contributed by atoms with van der Waals surface area (Å²) >= 11 is 0. The average molecular weight is 299 g/mol. The van der Waals surface area contributed by atoms with Crippen LogP contribution in [0.15, 0.2) is 30.3 Å². The van der Waals surface area contributed by atoms with Gasteiger partial charge in [-0.25, -0.2) is 13.6 Å². The average Bonchev–Trinajstić information content (AvgIpc) is 2.44. The van der Waals surface area contributed by atoms with Gasteiger partial charge in [-0.1, -0.05) is 30.3 Å². The third kappa shape index (κ3) is 6.11. The first-order valence-corrected chi connectivity index (χ1v) is 6.28. The molecule has 0 aromatic heterocycles. The number of Topliss-reactive ketones (excluding diaryl/α,β-unsaturated/α-hetero) is 1. The monoisotopic (exact) mass is 299 g/mol. The van der Waals surface area contributed by atoms with Crippen LogP contribution >= 0.6 is 0 Å². The van der Waals surface area contributed by atoms with Crippen LogP contribution in [0, 0.1) is 0 Å². The Bertz CT molecular complexity index is 505. The first-order valence-electron chi connectivity index (χ1n) is 6.28. The summed E-state index contributed by atoms with van der Waals surface area (Å²) < 4.78 is 24.3. The predicted molar refractivity (Wildman–Crippen MR) is 70.2 cm³/mol. The smallest absolute Gasteiger partial charge is 0.326 e. The summed E-state index contributed by atoms with van der Waals surface area (Å²) in [7, 11) is 0. The highest BCUT2D eigenvalue weighted by atomic mass is 19.3. The number of carbonyl (C=O) groups is 3. The van der Waals surface area contributed by atoms with Crippen molar-refractivity contribution in [2.45, 2.75) is 31.7 Å². The topological polar surface area (TPSA) is 83.5 Å². The molecule has 0 aliphatic carbocycles. The molecule has 0 heterocycles. The molecule has 0 saturated carbocycles. The fourth-order valence-corrected chi connectivity index (χ4v) is 1.66. The maximum Gasteiger partial charge on any atom is 0.326 e. The molecule has 1 aromatic rings. The maximum absolute atomic E-state index is 12.2. The standard InChI is InChI=1S/C14H15F2NO4/c15-12(16)8-10(14(20)21)17-13(19)7-6-11(18)9-4-2-1-3-5-9/h1-5,10,12H,6-8H2,(H,17,19)(H,20,21). The van der Waals surface area contributed by atoms with Gasteiger partial charge in [-0.2, -0.15) is 0 Å². The van der Waals surface area contributed by atoms with E-state index in [9.17, 15) is 23.2 Å². The molecule has 2 N–H and O–H groups in total. The molecule has 1 rings (SSSR count). The van der Waals surface area contributed by atoms with Crippen molar-refractivity contribution in [1.29, 1.82) is 0 Å². The van der Waals surface area contributed by atoms with Crippen molar-refractivity contribution >= 4 is 17.7 Å². The zero-order chi connectivity index (χ0) is 15.8. The molecule has 7 heteroatoms. The van der Waals surface area contributed by atoms with Crippen LogP contribution in [0.5, 0.6) is 0 Å². The molecule has 1 atom stereocenters. The molecular weight excluding hydrogens is 284 g/mol. The highest BCUT2D eigenvalue weighted by molar-refractivity contribution is 5.98. The van der Waals surface area contributed by atoms with Gasteiger partial charge in [-0.15, -0.1) is 0 Å². The summed E-state index contributed by atoms with van der Waals surface area (Å²) in [6, 6.07) is 6.64. The van der Waals surface area contributed by atoms with Crippen molar-refractivity contribution < 1.29 is 28.3 Å². The van der Waals surface area contributed by atoms with E-state index in [-0.39, 0.29) is 18.6 Å². The molecule has 5 nitrogen and oxygen atoms in total. The highest BCUT2D eigenvalue weighted by Gasteiger charge is 2.24. The number of hydrogen-bond donors (Lipinski definition) is 2. The van der Waals surface area contributed by atoms with Gasteiger partial charge in [0.25, 0.3) is 0 Å². The Kier molecular flexibility index (Phi) is 6.45. The number of carboxylic acids is 1. The van der Waals surface area contributed by atoms with Crippen LogP contribution in [0.1, 0.15) is 29.6 Å². The lowest BCUT2D eigenvalue weighted by Crippen LogP contribution is -2.42. The Hall–Kier alpha value is -2.31. The van der Waals surface area contributed by atoms with Crippen LogP contribution in [0.4, 0.5) is 8.78 Å². The van der Waals surface area contributed by atoms with E-state index in [0.29, 0.717) is 5.56 Å². The Labute approximate surface area is 120 Å². The summed E-state index contributed by atoms with van der Waals surface area (Å²) in [5, 5.41) is 10.7. The van der Waals surface area contributed by atoms with Crippen molar-refractivity contribution in [3.05, 3.63) is 35.9 Å². The molecule has 0 radical (unpaired) electrons. The van der Waals surface area contributed by atoms with Crippen LogP contribution in [0.2, 0.25) is 0 Å². The second kappa shape index (κ2) is 8.08. The van der Waals surface area contributed by atoms with E-state index in [0.717, 1.165) is 0 Å². The summed E-state index contributed by atoms with van der Waals surface area (Å²) in [6.07, 6.45) is -4.16. The lowest BCUT2D eigenvalue weighted by atomic mass is 10.1. The third-order valence-corrected chi connectivity index (χ3v) is 2.72. The van der Waals surface area contributed by atoms with Crippen molar-refractivity contribution in [2.24, 2.45) is 0 Å². The van der Waals surface area contributed by atoms with Crippen molar-refractivity contribution in [3.63, 3.8) is 0 Å². The Balaban J connectivity index is 2.46. The second-order valence-corrected chi connectivity index (χ2v) is 4.37. The van der Waals surface area contributed by atoms with E-state index >= 15 is 0 Å². The molecule has 0 fully saturated rings. The fourth-order valence-electron chi connectivity index (χ4n) is 1.66. The van der Waals surface area contributed by atoms with Crippen LogP contribution in [-0.2, 0) is 9.59 Å². The second-order valence-electron chi connectivity index (χ2n) is 4.37. The van der Waals surface area contributed by atoms with Gasteiger partial charge >= 0.3 is 5.97 Å². The van der Waals surface area contributed by atoms with Gasteiger partial charge in [0.15, 0.2) is 5.78 Å². The van der Waals surface area contributed by atoms with Gasteiger partial charge in [0.05, 0.1) is 0 Å². The summed E-state index contributed by atoms with van der Waals surface area (Å²) in [5.41, 5.74) is 0.438. The molecule has 0 aliphatic heterocycles. The van der Waals surface area contributed by atoms with Crippen LogP contribution in [-0.4, -0.2) is 35.2 Å². The molecule has 1 amide bonds. The Morgan fingerprint density at radius 2 is 1.71 bits per heavy atom. The highest BCUT2D eigenvalue weighted by Crippen LogP contribution is 2.07. The minimum atomic E-state index is -2.84. The predicted octanol–water partition coefficient (Wildman–Crippen LogP) is 1.87. The number of amides is 1. The van der Waals surface area contributed by atoms with Gasteiger partial charge in [-0.3, -0.25) is 9.59 Å². The minimum Gasteiger partial charge on any atom is -0.480 e. The van der Waals surface area contributed by atoms with E-state index in [1.54, 1.807) is 30.3 Å². The third-order valence-electron chi connectivity index (χ3n) is 2.72. The number of alkyl halides is 2. The van der Waals surface area contributed by atoms with E-state index < -0.39 is 30.8 Å². The number of nitrogens with one attached hydrogen (secondary N) is 1. The summed E-state index contributed by atoms with van der Waals surface area (Å²) in [5.74, 6) is -2.54. The molecule has 0 saturated heterocycles. The molecule has 0 spiro atoms. The summed E-state index contributed by atoms with van der Waals surface area (Å²) in [6.45, 7) is 0. The number of benzene rings is 1. The molecule has 1 aromatic carbocycles. The Morgan fingerprint density at radius 3 is 2.24 bits per heavy atom. The van der Waals surface area contributed by atoms with Gasteiger partial charge < -0.3 is 10.4 Å². The molecule has 1 unspecified atom stereocenters. The number of carboxylic acid groups (broad SMARTS) is 1. The van der Waals surface area contributed by atoms with Crippen molar-refractivity contribution in [2.75, 3.05) is 0 Å². The number of rotatable bonds is 8. The van der Waals surface area contributed by atoms with E-state index in [1.807, 2.05) is 5.32 Å². The minimum absolute atomic E-state index is 0.114. The zero-order valence-corrected chi connectivity index (χ0v) is 11.1. The lowest BCUT2D eigenvalue weighted by Gasteiger charge is -2.13. The summed E-state index contributed by atoms with van der Waals surface area (Å²) in [4.78, 5) is 33.9. The van der Waals surface area contributed by atoms with Crippen molar-refractivity contribution in [3.8, 4) is 0 Å². The van der Waals surface area contributed by atoms with Crippen LogP contribution in [0.3, 0.4) is 0 Å². The van der Waals surface area contributed by atoms with Gasteiger partial charge in [0.1, 0.15) is 6.04 Å². The first kappa shape index (κ1) is 16.7. The first-order chi connectivity index (χ1) is 9.90. The zero-order valence-electron chi connectivity index (χ0n) is 11.1. The lowest BCUT2D eigenvalue weighted by molar-refractivity contribution is -0.143. The SMILES string of the molecule is O=C(CCC(=O)c1ccccc1)NC(CC(F)F)C(=O)O. The van der Waals surface area contributed by atoms with Gasteiger partial charge in [0, 0.05) is 24.8 Å². The molecular formula is C14H15F2NO4. The number of halogens is 2. The Morgan fingerprint density at radius 1 is 1.10 bits per heavy atom. The number of aliphatic carboxylic acids is 1. The number of ketones is 1. The number of hydrogen-bond acceptors (Lipinski definition) is 3. The molecule has 0 bridgehead atoms. The molecule has 21 heavy (non-hydrogen) atoms. The quantitative estimate of drug-likeness (QED) is 0.718. The van der Waals surface area contributed by atoms with Crippen LogP contribution in [0.25, 0.3) is 0 Å². The van der Waals surface area contributed by atoms with Crippen LogP contribution < -0.4 is 5.32 Å². The maximum atomic E-state index is 12.2. The fraction of sp³-hybridized carbons (Fsp3) is 0.357. The van der Waals surface area contributed by atoms with E-state index in [4.69, 9.17) is 5.11 Å². The normalized spacial score (nSPS) is 12.0. The van der Waals surface area contributed by atoms with Crippen molar-refractivity contribution in [1.82, 2.24) is 5.32 Å². The van der Waals surface area contributed by atoms with Gasteiger partial charge in [0.2, 0.25) is 12.3 Å². The van der Waals surface area contributed by atoms with E-state index in [1.165, 1.54) is 0 Å². The van der Waals surface area contributed by atoms with Gasteiger partial charge in [-0.05, 0) is 0 Å². The molecule has 0 aliphatic rings.